The van der Waals surface area contributed by atoms with Crippen LogP contribution in [0.5, 0.6) is 0 Å². The van der Waals surface area contributed by atoms with Crippen molar-refractivity contribution in [2.75, 3.05) is 5.32 Å². The molecule has 27 heavy (non-hydrogen) atoms. The molecule has 3 aromatic rings. The van der Waals surface area contributed by atoms with Gasteiger partial charge in [-0.1, -0.05) is 17.7 Å². The van der Waals surface area contributed by atoms with E-state index in [0.29, 0.717) is 17.8 Å². The average molecular weight is 429 g/mol. The lowest BCUT2D eigenvalue weighted by Gasteiger charge is -2.14. The Hall–Kier alpha value is -2.54. The largest absolute Gasteiger partial charge is 0.444 e. The Bertz CT molecular complexity index is 1050. The van der Waals surface area contributed by atoms with Crippen molar-refractivity contribution in [2.24, 2.45) is 5.14 Å². The van der Waals surface area contributed by atoms with E-state index >= 15 is 0 Å². The second kappa shape index (κ2) is 8.00. The first-order chi connectivity index (χ1) is 12.9. The number of sulfonamides is 1. The van der Waals surface area contributed by atoms with Crippen LogP contribution in [0.3, 0.4) is 0 Å². The molecule has 0 bridgehead atoms. The lowest BCUT2D eigenvalue weighted by atomic mass is 10.1. The van der Waals surface area contributed by atoms with E-state index in [1.165, 1.54) is 16.8 Å². The van der Waals surface area contributed by atoms with Crippen LogP contribution in [0.1, 0.15) is 4.88 Å². The molecule has 0 spiro atoms. The zero-order valence-electron chi connectivity index (χ0n) is 13.6. The summed E-state index contributed by atoms with van der Waals surface area (Å²) in [5.41, 5.74) is 0.822. The van der Waals surface area contributed by atoms with E-state index in [9.17, 15) is 13.2 Å². The fourth-order valence-electron chi connectivity index (χ4n) is 2.28. The molecule has 2 aromatic heterocycles. The maximum absolute atomic E-state index is 11.8. The molecule has 0 atom stereocenters. The Morgan fingerprint density at radius 3 is 2.89 bits per heavy atom. The van der Waals surface area contributed by atoms with Gasteiger partial charge in [0.25, 0.3) is 6.47 Å². The molecule has 13 heteroatoms. The van der Waals surface area contributed by atoms with Crippen molar-refractivity contribution < 1.29 is 17.9 Å². The minimum absolute atomic E-state index is 0.0434. The molecule has 0 fully saturated rings. The molecule has 3 rings (SSSR count). The molecule has 0 aliphatic carbocycles. The standard InChI is InChI=1S/C14H13ClN6O4S2/c15-11-5-12(17-6-9-2-1-3-26-9)10(4-13(11)27(16,23)24)14-18-19-20-21(14)7-25-8-22/h1-5,8,17H,6-7H2,(H2,16,23,24). The number of hydrogen-bond donors (Lipinski definition) is 2. The van der Waals surface area contributed by atoms with E-state index in [1.807, 2.05) is 17.5 Å². The number of nitrogens with one attached hydrogen (secondary N) is 1. The first-order valence-electron chi connectivity index (χ1n) is 7.34. The van der Waals surface area contributed by atoms with Gasteiger partial charge in [-0.15, -0.1) is 16.4 Å². The highest BCUT2D eigenvalue weighted by Gasteiger charge is 2.21. The topological polar surface area (TPSA) is 142 Å². The molecule has 0 amide bonds. The van der Waals surface area contributed by atoms with Gasteiger partial charge in [-0.2, -0.15) is 4.68 Å². The van der Waals surface area contributed by atoms with Gasteiger partial charge < -0.3 is 10.1 Å². The number of carbonyl (C=O) groups is 1. The minimum Gasteiger partial charge on any atom is -0.444 e. The van der Waals surface area contributed by atoms with Crippen LogP contribution < -0.4 is 10.5 Å². The lowest BCUT2D eigenvalue weighted by Crippen LogP contribution is -2.14. The maximum Gasteiger partial charge on any atom is 0.294 e. The lowest BCUT2D eigenvalue weighted by molar-refractivity contribution is -0.132. The highest BCUT2D eigenvalue weighted by atomic mass is 35.5. The van der Waals surface area contributed by atoms with Crippen molar-refractivity contribution >= 4 is 45.1 Å². The molecule has 0 saturated carbocycles. The Balaban J connectivity index is 2.08. The van der Waals surface area contributed by atoms with Crippen LogP contribution >= 0.6 is 22.9 Å². The number of nitrogens with two attached hydrogens (primary N) is 1. The summed E-state index contributed by atoms with van der Waals surface area (Å²) in [6.07, 6.45) is 0. The summed E-state index contributed by atoms with van der Waals surface area (Å²) in [5.74, 6) is 0.173. The van der Waals surface area contributed by atoms with E-state index in [4.69, 9.17) is 16.7 Å². The van der Waals surface area contributed by atoms with Crippen LogP contribution in [0.25, 0.3) is 11.4 Å². The Morgan fingerprint density at radius 2 is 2.22 bits per heavy atom. The Labute approximate surface area is 162 Å². The van der Waals surface area contributed by atoms with Crippen molar-refractivity contribution in [3.63, 3.8) is 0 Å². The third kappa shape index (κ3) is 4.42. The van der Waals surface area contributed by atoms with Gasteiger partial charge >= 0.3 is 0 Å². The number of thiophene rings is 1. The molecule has 10 nitrogen and oxygen atoms in total. The monoisotopic (exact) mass is 428 g/mol. The summed E-state index contributed by atoms with van der Waals surface area (Å²) in [5, 5.41) is 21.5. The second-order valence-corrected chi connectivity index (χ2v) is 8.17. The fourth-order valence-corrected chi connectivity index (χ4v) is 4.03. The molecular weight excluding hydrogens is 416 g/mol. The normalized spacial score (nSPS) is 11.3. The van der Waals surface area contributed by atoms with Crippen LogP contribution in [-0.2, 0) is 32.8 Å². The molecule has 0 aliphatic rings. The zero-order valence-corrected chi connectivity index (χ0v) is 16.0. The quantitative estimate of drug-likeness (QED) is 0.513. The summed E-state index contributed by atoms with van der Waals surface area (Å²) in [7, 11) is -4.07. The predicted octanol–water partition coefficient (Wildman–Crippen LogP) is 1.44. The van der Waals surface area contributed by atoms with Crippen molar-refractivity contribution in [1.29, 1.82) is 0 Å². The third-order valence-electron chi connectivity index (χ3n) is 3.45. The molecular formula is C14H13ClN6O4S2. The minimum atomic E-state index is -4.07. The van der Waals surface area contributed by atoms with Gasteiger partial charge in [-0.3, -0.25) is 4.79 Å². The van der Waals surface area contributed by atoms with E-state index in [-0.39, 0.29) is 28.9 Å². The molecule has 2 heterocycles. The third-order valence-corrected chi connectivity index (χ3v) is 5.70. The molecule has 0 unspecified atom stereocenters. The number of carbonyl (C=O) groups excluding carboxylic acids is 1. The molecule has 0 radical (unpaired) electrons. The molecule has 1 aromatic carbocycles. The van der Waals surface area contributed by atoms with Crippen LogP contribution in [-0.4, -0.2) is 35.1 Å². The van der Waals surface area contributed by atoms with Gasteiger partial charge in [0, 0.05) is 22.7 Å². The molecule has 3 N–H and O–H groups in total. The van der Waals surface area contributed by atoms with Crippen LogP contribution in [0.4, 0.5) is 5.69 Å². The highest BCUT2D eigenvalue weighted by Crippen LogP contribution is 2.34. The van der Waals surface area contributed by atoms with Gasteiger partial charge in [-0.05, 0) is 34.0 Å². The van der Waals surface area contributed by atoms with Gasteiger partial charge in [0.2, 0.25) is 10.0 Å². The number of anilines is 1. The van der Waals surface area contributed by atoms with Crippen LogP contribution in [0, 0.1) is 0 Å². The van der Waals surface area contributed by atoms with Gasteiger partial charge in [-0.25, -0.2) is 13.6 Å². The number of rotatable bonds is 8. The van der Waals surface area contributed by atoms with Gasteiger partial charge in [0.1, 0.15) is 4.90 Å². The van der Waals surface area contributed by atoms with E-state index in [0.717, 1.165) is 4.88 Å². The number of ether oxygens (including phenoxy) is 1. The summed E-state index contributed by atoms with van der Waals surface area (Å²) in [6.45, 7) is 0.477. The number of halogens is 1. The number of aromatic nitrogens is 4. The Kier molecular flexibility index (Phi) is 5.70. The zero-order chi connectivity index (χ0) is 19.4. The average Bonchev–Trinajstić information content (AvgIpc) is 3.28. The summed E-state index contributed by atoms with van der Waals surface area (Å²) in [4.78, 5) is 11.2. The van der Waals surface area contributed by atoms with Crippen molar-refractivity contribution in [3.8, 4) is 11.4 Å². The molecule has 0 saturated heterocycles. The van der Waals surface area contributed by atoms with Crippen LogP contribution in [0.2, 0.25) is 5.02 Å². The predicted molar refractivity (Wildman–Crippen MR) is 98.4 cm³/mol. The van der Waals surface area contributed by atoms with Crippen molar-refractivity contribution in [1.82, 2.24) is 20.2 Å². The first kappa shape index (κ1) is 19.2. The molecule has 0 aliphatic heterocycles. The number of hydrogen-bond acceptors (Lipinski definition) is 9. The Morgan fingerprint density at radius 1 is 1.41 bits per heavy atom. The first-order valence-corrected chi connectivity index (χ1v) is 10.1. The number of nitrogens with zero attached hydrogens (tertiary/aromatic N) is 4. The smallest absolute Gasteiger partial charge is 0.294 e. The van der Waals surface area contributed by atoms with Crippen molar-refractivity contribution in [2.45, 2.75) is 18.2 Å². The maximum atomic E-state index is 11.8. The number of tetrazole rings is 1. The summed E-state index contributed by atoms with van der Waals surface area (Å²) >= 11 is 7.66. The van der Waals surface area contributed by atoms with Gasteiger partial charge in [0.05, 0.1) is 5.02 Å². The number of benzene rings is 1. The van der Waals surface area contributed by atoms with Crippen LogP contribution in [0.15, 0.2) is 34.5 Å². The number of primary sulfonamides is 1. The SMILES string of the molecule is NS(=O)(=O)c1cc(-c2nnnn2COC=O)c(NCc2cccs2)cc1Cl. The molecule has 142 valence electrons. The van der Waals surface area contributed by atoms with E-state index in [1.54, 1.807) is 11.3 Å². The second-order valence-electron chi connectivity index (χ2n) is 5.20. The van der Waals surface area contributed by atoms with Crippen molar-refractivity contribution in [3.05, 3.63) is 39.5 Å². The fraction of sp³-hybridized carbons (Fsp3) is 0.143. The highest BCUT2D eigenvalue weighted by molar-refractivity contribution is 7.89. The summed E-state index contributed by atoms with van der Waals surface area (Å²) < 4.78 is 29.5. The van der Waals surface area contributed by atoms with Gasteiger partial charge in [0.15, 0.2) is 12.6 Å². The van der Waals surface area contributed by atoms with E-state index in [2.05, 4.69) is 25.6 Å². The summed E-state index contributed by atoms with van der Waals surface area (Å²) in [6, 6.07) is 6.57. The van der Waals surface area contributed by atoms with E-state index < -0.39 is 10.0 Å².